The van der Waals surface area contributed by atoms with Crippen molar-refractivity contribution in [3.05, 3.63) is 36.5 Å². The van der Waals surface area contributed by atoms with Gasteiger partial charge in [-0.1, -0.05) is 25.2 Å². The highest BCUT2D eigenvalue weighted by Crippen LogP contribution is 1.98. The number of hydrogen-bond donors (Lipinski definition) is 0. The lowest BCUT2D eigenvalue weighted by Crippen LogP contribution is -1.72. The van der Waals surface area contributed by atoms with Crippen molar-refractivity contribution in [3.63, 3.8) is 0 Å². The van der Waals surface area contributed by atoms with Crippen molar-refractivity contribution >= 4 is 0 Å². The predicted octanol–water partition coefficient (Wildman–Crippen LogP) is 1.81. The maximum absolute atomic E-state index is 8.28. The Balaban J connectivity index is 4.48. The third-order valence-electron chi connectivity index (χ3n) is 0.860. The van der Waals surface area contributed by atoms with Gasteiger partial charge < -0.3 is 0 Å². The highest BCUT2D eigenvalue weighted by Gasteiger charge is 1.85. The Labute approximate surface area is 61.0 Å². The molecule has 0 aliphatic heterocycles. The number of allylic oxidation sites excluding steroid dienone is 4. The maximum Gasteiger partial charge on any atom is 0.0985 e. The first-order valence-corrected chi connectivity index (χ1v) is 2.64. The normalized spacial score (nSPS) is 9.20. The molecular weight excluding hydrogens is 122 g/mol. The van der Waals surface area contributed by atoms with E-state index in [0.717, 1.165) is 0 Å². The van der Waals surface area contributed by atoms with Gasteiger partial charge in [0.05, 0.1) is 6.07 Å². The van der Waals surface area contributed by atoms with Crippen LogP contribution in [-0.4, -0.2) is 0 Å². The molecule has 0 rings (SSSR count). The molecule has 10 heavy (non-hydrogen) atoms. The molecule has 0 radical (unpaired) electrons. The Bertz CT molecular complexity index is 255. The number of terminal acetylenes is 1. The van der Waals surface area contributed by atoms with Crippen LogP contribution in [0.15, 0.2) is 36.5 Å². The molecule has 0 aliphatic rings. The second kappa shape index (κ2) is 4.18. The molecule has 1 heteroatoms. The van der Waals surface area contributed by atoms with Crippen LogP contribution in [0.3, 0.4) is 0 Å². The van der Waals surface area contributed by atoms with E-state index < -0.39 is 0 Å². The third-order valence-corrected chi connectivity index (χ3v) is 0.860. The molecule has 0 bridgehead atoms. The van der Waals surface area contributed by atoms with Crippen molar-refractivity contribution in [2.45, 2.75) is 0 Å². The van der Waals surface area contributed by atoms with E-state index in [4.69, 9.17) is 11.7 Å². The van der Waals surface area contributed by atoms with E-state index >= 15 is 0 Å². The quantitative estimate of drug-likeness (QED) is 0.317. The highest BCUT2D eigenvalue weighted by molar-refractivity contribution is 5.44. The topological polar surface area (TPSA) is 23.8 Å². The van der Waals surface area contributed by atoms with E-state index in [9.17, 15) is 0 Å². The van der Waals surface area contributed by atoms with Crippen molar-refractivity contribution in [2.75, 3.05) is 0 Å². The lowest BCUT2D eigenvalue weighted by atomic mass is 10.2. The zero-order valence-electron chi connectivity index (χ0n) is 5.59. The average molecular weight is 129 g/mol. The summed E-state index contributed by atoms with van der Waals surface area (Å²) in [7, 11) is 0. The fourth-order valence-corrected chi connectivity index (χ4v) is 0.380. The van der Waals surface area contributed by atoms with Crippen LogP contribution in [0.25, 0.3) is 0 Å². The van der Waals surface area contributed by atoms with Crippen LogP contribution in [0.4, 0.5) is 0 Å². The molecule has 0 saturated carbocycles. The summed E-state index contributed by atoms with van der Waals surface area (Å²) in [6.45, 7) is 6.89. The molecule has 48 valence electrons. The Morgan fingerprint density at radius 1 is 1.60 bits per heavy atom. The van der Waals surface area contributed by atoms with E-state index in [1.165, 1.54) is 12.2 Å². The highest BCUT2D eigenvalue weighted by atomic mass is 14.2. The molecule has 0 aromatic heterocycles. The molecule has 0 aromatic rings. The smallest absolute Gasteiger partial charge is 0.0985 e. The lowest BCUT2D eigenvalue weighted by molar-refractivity contribution is 1.50. The number of nitriles is 1. The first-order chi connectivity index (χ1) is 4.74. The van der Waals surface area contributed by atoms with Gasteiger partial charge in [0.25, 0.3) is 0 Å². The van der Waals surface area contributed by atoms with Crippen LogP contribution >= 0.6 is 0 Å². The summed E-state index contributed by atoms with van der Waals surface area (Å²) < 4.78 is 0. The minimum absolute atomic E-state index is 0.341. The molecule has 0 heterocycles. The minimum Gasteiger partial charge on any atom is -0.192 e. The Hall–Kier alpha value is -1.73. The first kappa shape index (κ1) is 8.27. The molecule has 0 aromatic carbocycles. The second-order valence-corrected chi connectivity index (χ2v) is 1.59. The molecule has 0 unspecified atom stereocenters. The zero-order valence-corrected chi connectivity index (χ0v) is 5.59. The predicted molar refractivity (Wildman–Crippen MR) is 41.9 cm³/mol. The molecule has 1 nitrogen and oxygen atoms in total. The summed E-state index contributed by atoms with van der Waals surface area (Å²) in [5.41, 5.74) is 0.916. The molecule has 0 fully saturated rings. The summed E-state index contributed by atoms with van der Waals surface area (Å²) >= 11 is 0. The summed E-state index contributed by atoms with van der Waals surface area (Å²) in [5.74, 6) is 2.35. The Kier molecular flexibility index (Phi) is 3.46. The fraction of sp³-hybridized carbons (Fsp3) is 0. The first-order valence-electron chi connectivity index (χ1n) is 2.64. The fourth-order valence-electron chi connectivity index (χ4n) is 0.380. The van der Waals surface area contributed by atoms with Crippen molar-refractivity contribution in [3.8, 4) is 18.4 Å². The van der Waals surface area contributed by atoms with Gasteiger partial charge in [0, 0.05) is 11.1 Å². The van der Waals surface area contributed by atoms with Crippen LogP contribution in [0, 0.1) is 23.7 Å². The molecule has 0 amide bonds. The van der Waals surface area contributed by atoms with Gasteiger partial charge in [-0.05, 0) is 6.08 Å². The van der Waals surface area contributed by atoms with Gasteiger partial charge >= 0.3 is 0 Å². The van der Waals surface area contributed by atoms with E-state index in [2.05, 4.69) is 19.1 Å². The lowest BCUT2D eigenvalue weighted by Gasteiger charge is -1.85. The van der Waals surface area contributed by atoms with E-state index in [1.54, 1.807) is 0 Å². The van der Waals surface area contributed by atoms with Gasteiger partial charge in [0.1, 0.15) is 0 Å². The van der Waals surface area contributed by atoms with Crippen LogP contribution in [0.2, 0.25) is 0 Å². The van der Waals surface area contributed by atoms with Gasteiger partial charge in [-0.3, -0.25) is 0 Å². The van der Waals surface area contributed by atoms with Gasteiger partial charge in [-0.15, -0.1) is 6.42 Å². The van der Waals surface area contributed by atoms with Crippen LogP contribution in [0.1, 0.15) is 0 Å². The van der Waals surface area contributed by atoms with Crippen molar-refractivity contribution < 1.29 is 0 Å². The van der Waals surface area contributed by atoms with Crippen molar-refractivity contribution in [1.82, 2.24) is 0 Å². The van der Waals surface area contributed by atoms with Gasteiger partial charge in [0.2, 0.25) is 0 Å². The van der Waals surface area contributed by atoms with Gasteiger partial charge in [-0.2, -0.15) is 5.26 Å². The SMILES string of the molecule is C#C/C(C=C)=C/C(=C)C#N. The van der Waals surface area contributed by atoms with Crippen molar-refractivity contribution in [2.24, 2.45) is 0 Å². The van der Waals surface area contributed by atoms with Crippen LogP contribution in [0.5, 0.6) is 0 Å². The van der Waals surface area contributed by atoms with Crippen LogP contribution in [-0.2, 0) is 0 Å². The van der Waals surface area contributed by atoms with E-state index in [0.29, 0.717) is 11.1 Å². The second-order valence-electron chi connectivity index (χ2n) is 1.59. The minimum atomic E-state index is 0.341. The number of nitrogens with zero attached hydrogens (tertiary/aromatic N) is 1. The maximum atomic E-state index is 8.28. The molecule has 0 saturated heterocycles. The summed E-state index contributed by atoms with van der Waals surface area (Å²) in [4.78, 5) is 0. The standard InChI is InChI=1S/C9H7N/c1-4-9(5-2)6-8(3)7-10/h1,5-6H,2-3H2/b9-6-. The Morgan fingerprint density at radius 3 is 2.50 bits per heavy atom. The van der Waals surface area contributed by atoms with Crippen LogP contribution < -0.4 is 0 Å². The largest absolute Gasteiger partial charge is 0.192 e. The molecule has 0 atom stereocenters. The summed E-state index contributed by atoms with van der Waals surface area (Å²) in [5, 5.41) is 8.28. The number of rotatable bonds is 2. The average Bonchev–Trinajstić information content (AvgIpc) is 1.99. The van der Waals surface area contributed by atoms with Gasteiger partial charge in [0.15, 0.2) is 0 Å². The van der Waals surface area contributed by atoms with E-state index in [-0.39, 0.29) is 0 Å². The zero-order chi connectivity index (χ0) is 7.98. The summed E-state index contributed by atoms with van der Waals surface area (Å²) in [6, 6.07) is 1.85. The Morgan fingerprint density at radius 2 is 2.20 bits per heavy atom. The van der Waals surface area contributed by atoms with Gasteiger partial charge in [-0.25, -0.2) is 0 Å². The van der Waals surface area contributed by atoms with E-state index in [1.807, 2.05) is 6.07 Å². The molecular formula is C9H7N. The molecule has 0 N–H and O–H groups in total. The molecule has 0 aliphatic carbocycles. The molecule has 0 spiro atoms. The van der Waals surface area contributed by atoms with Crippen molar-refractivity contribution in [1.29, 1.82) is 5.26 Å². The number of hydrogen-bond acceptors (Lipinski definition) is 1. The third kappa shape index (κ3) is 2.55. The summed E-state index contributed by atoms with van der Waals surface area (Å²) in [6.07, 6.45) is 8.06. The monoisotopic (exact) mass is 129 g/mol.